The fourth-order valence-corrected chi connectivity index (χ4v) is 11.8. The van der Waals surface area contributed by atoms with E-state index in [0.717, 1.165) is 51.4 Å². The Morgan fingerprint density at radius 2 is 1.62 bits per heavy atom. The second-order valence-electron chi connectivity index (χ2n) is 16.9. The maximum Gasteiger partial charge on any atom is 0.312 e. The number of methoxy groups -OCH3 is 1. The molecule has 0 radical (unpaired) electrons. The number of aliphatic hydroxyl groups excluding tert-OH is 1. The van der Waals surface area contributed by atoms with Crippen LogP contribution in [0.3, 0.4) is 0 Å². The summed E-state index contributed by atoms with van der Waals surface area (Å²) < 4.78 is 18.2. The van der Waals surface area contributed by atoms with Crippen molar-refractivity contribution in [3.63, 3.8) is 0 Å². The Balaban J connectivity index is 1.41. The predicted molar refractivity (Wildman–Crippen MR) is 152 cm³/mol. The highest BCUT2D eigenvalue weighted by Crippen LogP contribution is 2.76. The lowest BCUT2D eigenvalue weighted by Gasteiger charge is -2.72. The van der Waals surface area contributed by atoms with Crippen LogP contribution in [0.5, 0.6) is 0 Å². The van der Waals surface area contributed by atoms with Gasteiger partial charge in [0.25, 0.3) is 0 Å². The van der Waals surface area contributed by atoms with Gasteiger partial charge in [0.2, 0.25) is 0 Å². The van der Waals surface area contributed by atoms with E-state index < -0.39 is 11.9 Å². The molecule has 0 aromatic heterocycles. The fraction of sp³-hybridized carbons (Fsp3) is 0.912. The number of aliphatic hydroxyl groups is 1. The van der Waals surface area contributed by atoms with Crippen LogP contribution in [-0.2, 0) is 19.0 Å². The van der Waals surface area contributed by atoms with E-state index in [1.54, 1.807) is 12.7 Å². The second kappa shape index (κ2) is 8.34. The molecule has 0 bridgehead atoms. The van der Waals surface area contributed by atoms with E-state index in [4.69, 9.17) is 14.2 Å². The monoisotopic (exact) mass is 542 g/mol. The summed E-state index contributed by atoms with van der Waals surface area (Å²) in [6.07, 6.45) is 11.1. The van der Waals surface area contributed by atoms with E-state index in [2.05, 4.69) is 47.6 Å². The fourth-order valence-electron chi connectivity index (χ4n) is 11.8. The molecule has 1 aliphatic heterocycles. The number of fused-ring (bicyclic) bond motifs is 9. The summed E-state index contributed by atoms with van der Waals surface area (Å²) in [5.74, 6) is 0.542. The Kier molecular flexibility index (Phi) is 6.04. The number of hydrogen-bond donors (Lipinski definition) is 1. The van der Waals surface area contributed by atoms with Gasteiger partial charge in [-0.15, -0.1) is 0 Å². The van der Waals surface area contributed by atoms with Gasteiger partial charge in [0.05, 0.1) is 31.3 Å². The van der Waals surface area contributed by atoms with Crippen LogP contribution >= 0.6 is 0 Å². The van der Waals surface area contributed by atoms with Crippen LogP contribution < -0.4 is 0 Å². The summed E-state index contributed by atoms with van der Waals surface area (Å²) in [6, 6.07) is 0. The molecule has 6 rings (SSSR count). The van der Waals surface area contributed by atoms with Gasteiger partial charge >= 0.3 is 5.97 Å². The first-order valence-electron chi connectivity index (χ1n) is 15.8. The molecule has 10 atom stereocenters. The summed E-state index contributed by atoms with van der Waals surface area (Å²) in [5.41, 5.74) is 1.38. The van der Waals surface area contributed by atoms with Gasteiger partial charge in [-0.3, -0.25) is 4.79 Å². The molecule has 5 fully saturated rings. The number of allylic oxidation sites excluding steroid dienone is 2. The van der Waals surface area contributed by atoms with Crippen molar-refractivity contribution in [1.82, 2.24) is 0 Å². The number of hydrogen-bond acceptors (Lipinski definition) is 5. The third kappa shape index (κ3) is 3.57. The second-order valence-corrected chi connectivity index (χ2v) is 16.9. The molecule has 4 saturated carbocycles. The van der Waals surface area contributed by atoms with E-state index in [9.17, 15) is 9.90 Å². The SMILES string of the molecule is COC(=O)C12CCC(C)(C)CC1C1=CCC3C4(C)CC(O)C5OC(C)(C)OCC5(C)C4CCC3(C)C1(C)CC2. The average Bonchev–Trinajstić information content (AvgIpc) is 2.84. The van der Waals surface area contributed by atoms with Crippen molar-refractivity contribution in [3.05, 3.63) is 11.6 Å². The Bertz CT molecular complexity index is 1080. The molecule has 0 aromatic carbocycles. The molecule has 1 N–H and O–H groups in total. The van der Waals surface area contributed by atoms with Crippen molar-refractivity contribution >= 4 is 5.97 Å². The number of carbonyl (C=O) groups is 1. The van der Waals surface area contributed by atoms with Crippen LogP contribution in [0.4, 0.5) is 0 Å². The highest BCUT2D eigenvalue weighted by molar-refractivity contribution is 5.78. The highest BCUT2D eigenvalue weighted by atomic mass is 16.7. The van der Waals surface area contributed by atoms with Crippen molar-refractivity contribution < 1.29 is 24.1 Å². The van der Waals surface area contributed by atoms with Crippen LogP contribution in [-0.4, -0.2) is 42.8 Å². The van der Waals surface area contributed by atoms with Crippen LogP contribution in [0.25, 0.3) is 0 Å². The van der Waals surface area contributed by atoms with Gasteiger partial charge < -0.3 is 19.3 Å². The average molecular weight is 543 g/mol. The number of rotatable bonds is 1. The molecule has 220 valence electrons. The lowest BCUT2D eigenvalue weighted by atomic mass is 9.33. The minimum Gasteiger partial charge on any atom is -0.469 e. The molecule has 1 heterocycles. The van der Waals surface area contributed by atoms with E-state index in [1.165, 1.54) is 6.42 Å². The smallest absolute Gasteiger partial charge is 0.312 e. The molecular weight excluding hydrogens is 488 g/mol. The minimum atomic E-state index is -0.653. The summed E-state index contributed by atoms with van der Waals surface area (Å²) >= 11 is 0. The number of ether oxygens (including phenoxy) is 3. The summed E-state index contributed by atoms with van der Waals surface area (Å²) in [7, 11) is 1.58. The molecule has 5 heteroatoms. The topological polar surface area (TPSA) is 65.0 Å². The molecule has 0 amide bonds. The molecule has 5 nitrogen and oxygen atoms in total. The van der Waals surface area contributed by atoms with Crippen molar-refractivity contribution in [1.29, 1.82) is 0 Å². The van der Waals surface area contributed by atoms with Gasteiger partial charge in [0, 0.05) is 5.41 Å². The van der Waals surface area contributed by atoms with Gasteiger partial charge in [-0.1, -0.05) is 53.2 Å². The van der Waals surface area contributed by atoms with Gasteiger partial charge in [-0.05, 0) is 111 Å². The lowest BCUT2D eigenvalue weighted by Crippen LogP contribution is -2.70. The molecule has 0 spiro atoms. The zero-order chi connectivity index (χ0) is 28.4. The molecule has 1 saturated heterocycles. The molecule has 39 heavy (non-hydrogen) atoms. The van der Waals surface area contributed by atoms with Gasteiger partial charge in [-0.2, -0.15) is 0 Å². The highest BCUT2D eigenvalue weighted by Gasteiger charge is 2.71. The zero-order valence-corrected chi connectivity index (χ0v) is 26.1. The minimum absolute atomic E-state index is 0.000367. The maximum absolute atomic E-state index is 13.5. The van der Waals surface area contributed by atoms with Crippen molar-refractivity contribution in [2.45, 2.75) is 131 Å². The Labute approximate surface area is 236 Å². The van der Waals surface area contributed by atoms with Crippen molar-refractivity contribution in [3.8, 4) is 0 Å². The maximum atomic E-state index is 13.5. The lowest BCUT2D eigenvalue weighted by molar-refractivity contribution is -0.368. The van der Waals surface area contributed by atoms with Gasteiger partial charge in [0.1, 0.15) is 0 Å². The summed E-state index contributed by atoms with van der Waals surface area (Å²) in [6.45, 7) is 19.3. The normalized spacial score (nSPS) is 53.6. The third-order valence-corrected chi connectivity index (χ3v) is 14.1. The first kappa shape index (κ1) is 28.2. The van der Waals surface area contributed by atoms with Crippen LogP contribution in [0.1, 0.15) is 113 Å². The Morgan fingerprint density at radius 3 is 2.31 bits per heavy atom. The van der Waals surface area contributed by atoms with Crippen molar-refractivity contribution in [2.24, 2.45) is 50.2 Å². The standard InChI is InChI=1S/C34H54O5/c1-28(2)14-16-34(27(36)37-9)17-15-32(7)21(22(34)18-28)10-11-25-30(5)19-23(35)26-31(6,20-38-29(3,4)39-26)24(30)12-13-33(25,32)8/h10,22-26,35H,11-20H2,1-9H3. The summed E-state index contributed by atoms with van der Waals surface area (Å²) in [5, 5.41) is 11.7. The quantitative estimate of drug-likeness (QED) is 0.284. The molecule has 0 aromatic rings. The van der Waals surface area contributed by atoms with E-state index >= 15 is 0 Å². The van der Waals surface area contributed by atoms with E-state index in [1.807, 2.05) is 13.8 Å². The predicted octanol–water partition coefficient (Wildman–Crippen LogP) is 7.06. The first-order valence-corrected chi connectivity index (χ1v) is 15.8. The Hall–Kier alpha value is -0.910. The van der Waals surface area contributed by atoms with Crippen LogP contribution in [0, 0.1) is 50.2 Å². The first-order chi connectivity index (χ1) is 18.0. The zero-order valence-electron chi connectivity index (χ0n) is 26.1. The molecule has 10 unspecified atom stereocenters. The van der Waals surface area contributed by atoms with E-state index in [-0.39, 0.29) is 50.5 Å². The van der Waals surface area contributed by atoms with Gasteiger partial charge in [-0.25, -0.2) is 0 Å². The Morgan fingerprint density at radius 1 is 0.923 bits per heavy atom. The van der Waals surface area contributed by atoms with Crippen LogP contribution in [0.2, 0.25) is 0 Å². The van der Waals surface area contributed by atoms with Gasteiger partial charge in [0.15, 0.2) is 5.79 Å². The van der Waals surface area contributed by atoms with E-state index in [0.29, 0.717) is 18.4 Å². The van der Waals surface area contributed by atoms with Crippen LogP contribution in [0.15, 0.2) is 11.6 Å². The van der Waals surface area contributed by atoms with Crippen molar-refractivity contribution in [2.75, 3.05) is 13.7 Å². The molecular formula is C34H54O5. The molecule has 5 aliphatic carbocycles. The largest absolute Gasteiger partial charge is 0.469 e. The molecule has 6 aliphatic rings. The summed E-state index contributed by atoms with van der Waals surface area (Å²) in [4.78, 5) is 13.5. The number of carbonyl (C=O) groups excluding carboxylic acids is 1. The third-order valence-electron chi connectivity index (χ3n) is 14.1. The number of esters is 1.